The minimum atomic E-state index is -3.86. The Labute approximate surface area is 183 Å². The predicted molar refractivity (Wildman–Crippen MR) is 118 cm³/mol. The first kappa shape index (κ1) is 23.9. The van der Waals surface area contributed by atoms with Crippen LogP contribution in [0.15, 0.2) is 23.1 Å². The monoisotopic (exact) mass is 474 g/mol. The first-order valence-corrected chi connectivity index (χ1v) is 13.8. The Balaban J connectivity index is 1.75. The number of anilines is 1. The third-order valence-electron chi connectivity index (χ3n) is 6.01. The molecule has 0 radical (unpaired) electrons. The molecular weight excluding hydrogens is 444 g/mol. The Bertz CT molecular complexity index is 1010. The normalized spacial score (nSPS) is 23.6. The van der Waals surface area contributed by atoms with E-state index in [0.717, 1.165) is 38.0 Å². The van der Waals surface area contributed by atoms with Gasteiger partial charge in [0, 0.05) is 31.2 Å². The molecule has 12 heteroatoms. The summed E-state index contributed by atoms with van der Waals surface area (Å²) in [5, 5.41) is 11.7. The van der Waals surface area contributed by atoms with Crippen LogP contribution in [-0.4, -0.2) is 53.2 Å². The summed E-state index contributed by atoms with van der Waals surface area (Å²) >= 11 is 0. The molecule has 1 aliphatic heterocycles. The summed E-state index contributed by atoms with van der Waals surface area (Å²) in [5.74, 6) is 0.581. The van der Waals surface area contributed by atoms with Gasteiger partial charge < -0.3 is 4.90 Å². The van der Waals surface area contributed by atoms with Gasteiger partial charge in [-0.2, -0.15) is 0 Å². The molecule has 3 rings (SSSR count). The average Bonchev–Trinajstić information content (AvgIpc) is 2.68. The summed E-state index contributed by atoms with van der Waals surface area (Å²) in [6, 6.07) is 3.62. The van der Waals surface area contributed by atoms with Crippen LogP contribution in [0.25, 0.3) is 0 Å². The molecule has 2 N–H and O–H groups in total. The molecule has 0 aromatic heterocycles. The molecular formula is C19H30N4O6S2. The molecule has 0 spiro atoms. The molecule has 174 valence electrons. The molecule has 1 heterocycles. The first-order chi connectivity index (χ1) is 14.4. The van der Waals surface area contributed by atoms with E-state index in [0.29, 0.717) is 37.5 Å². The zero-order chi connectivity index (χ0) is 22.8. The third kappa shape index (κ3) is 6.37. The highest BCUT2D eigenvalue weighted by Gasteiger charge is 2.29. The number of hydrogen-bond acceptors (Lipinski definition) is 7. The van der Waals surface area contributed by atoms with Gasteiger partial charge in [0.1, 0.15) is 5.69 Å². The van der Waals surface area contributed by atoms with Crippen molar-refractivity contribution in [3.8, 4) is 0 Å². The molecule has 0 unspecified atom stereocenters. The topological polar surface area (TPSA) is 139 Å². The van der Waals surface area contributed by atoms with E-state index in [4.69, 9.17) is 0 Å². The second-order valence-electron chi connectivity index (χ2n) is 8.64. The highest BCUT2D eigenvalue weighted by atomic mass is 32.2. The summed E-state index contributed by atoms with van der Waals surface area (Å²) in [4.78, 5) is 12.8. The number of rotatable bonds is 7. The van der Waals surface area contributed by atoms with Gasteiger partial charge in [0.15, 0.2) is 0 Å². The number of nitrogens with zero attached hydrogens (tertiary/aromatic N) is 2. The number of piperidine rings is 1. The van der Waals surface area contributed by atoms with Crippen molar-refractivity contribution in [3.63, 3.8) is 0 Å². The van der Waals surface area contributed by atoms with E-state index in [9.17, 15) is 26.9 Å². The van der Waals surface area contributed by atoms with Crippen molar-refractivity contribution in [3.05, 3.63) is 28.3 Å². The molecule has 0 bridgehead atoms. The van der Waals surface area contributed by atoms with Crippen LogP contribution >= 0.6 is 0 Å². The third-order valence-corrected chi connectivity index (χ3v) is 8.29. The van der Waals surface area contributed by atoms with Crippen molar-refractivity contribution in [2.45, 2.75) is 62.4 Å². The summed E-state index contributed by atoms with van der Waals surface area (Å²) in [6.07, 6.45) is 5.55. The van der Waals surface area contributed by atoms with Crippen LogP contribution in [0.5, 0.6) is 0 Å². The van der Waals surface area contributed by atoms with Crippen molar-refractivity contribution < 1.29 is 21.8 Å². The summed E-state index contributed by atoms with van der Waals surface area (Å²) in [6.45, 7) is 3.00. The molecule has 2 aliphatic rings. The number of nitrogens with one attached hydrogen (secondary N) is 2. The van der Waals surface area contributed by atoms with Crippen LogP contribution in [0.1, 0.15) is 45.4 Å². The van der Waals surface area contributed by atoms with Crippen LogP contribution in [0.3, 0.4) is 0 Å². The lowest BCUT2D eigenvalue weighted by atomic mass is 9.88. The number of sulfonamides is 2. The SMILES string of the molecule is CC1CCC(NS(=O)(=O)c2ccc(N3CCC(NS(C)(=O)=O)CC3)c([N+](=O)[O-])c2)CC1. The van der Waals surface area contributed by atoms with E-state index in [1.54, 1.807) is 4.90 Å². The highest BCUT2D eigenvalue weighted by molar-refractivity contribution is 7.89. The van der Waals surface area contributed by atoms with E-state index < -0.39 is 25.0 Å². The lowest BCUT2D eigenvalue weighted by molar-refractivity contribution is -0.384. The minimum Gasteiger partial charge on any atom is -0.366 e. The largest absolute Gasteiger partial charge is 0.366 e. The number of nitro groups is 1. The lowest BCUT2D eigenvalue weighted by Gasteiger charge is -2.33. The Kier molecular flexibility index (Phi) is 7.24. The standard InChI is InChI=1S/C19H30N4O6S2/c1-14-3-5-15(6-4-14)21-31(28,29)17-7-8-18(19(13-17)23(24)25)22-11-9-16(10-12-22)20-30(2,26)27/h7-8,13-16,20-21H,3-6,9-12H2,1-2H3. The van der Waals surface area contributed by atoms with Gasteiger partial charge in [-0.25, -0.2) is 26.3 Å². The van der Waals surface area contributed by atoms with E-state index in [2.05, 4.69) is 16.4 Å². The summed E-state index contributed by atoms with van der Waals surface area (Å²) in [7, 11) is -7.17. The van der Waals surface area contributed by atoms with Gasteiger partial charge in [-0.1, -0.05) is 6.92 Å². The Morgan fingerprint density at radius 3 is 2.10 bits per heavy atom. The van der Waals surface area contributed by atoms with Crippen LogP contribution in [0.2, 0.25) is 0 Å². The van der Waals surface area contributed by atoms with Crippen LogP contribution in [-0.2, 0) is 20.0 Å². The van der Waals surface area contributed by atoms with Gasteiger partial charge in [0.25, 0.3) is 5.69 Å². The van der Waals surface area contributed by atoms with Crippen molar-refractivity contribution >= 4 is 31.4 Å². The van der Waals surface area contributed by atoms with Gasteiger partial charge in [0.05, 0.1) is 16.1 Å². The van der Waals surface area contributed by atoms with Crippen LogP contribution in [0, 0.1) is 16.0 Å². The number of hydrogen-bond donors (Lipinski definition) is 2. The van der Waals surface area contributed by atoms with E-state index in [-0.39, 0.29) is 22.7 Å². The average molecular weight is 475 g/mol. The predicted octanol–water partition coefficient (Wildman–Crippen LogP) is 1.97. The first-order valence-electron chi connectivity index (χ1n) is 10.5. The molecule has 10 nitrogen and oxygen atoms in total. The van der Waals surface area contributed by atoms with Crippen molar-refractivity contribution in [2.24, 2.45) is 5.92 Å². The highest BCUT2D eigenvalue weighted by Crippen LogP contribution is 2.33. The van der Waals surface area contributed by atoms with Crippen molar-refractivity contribution in [1.29, 1.82) is 0 Å². The number of benzene rings is 1. The minimum absolute atomic E-state index is 0.116. The Morgan fingerprint density at radius 1 is 0.968 bits per heavy atom. The fourth-order valence-electron chi connectivity index (χ4n) is 4.29. The van der Waals surface area contributed by atoms with Gasteiger partial charge in [-0.3, -0.25) is 10.1 Å². The van der Waals surface area contributed by atoms with Crippen molar-refractivity contribution in [1.82, 2.24) is 9.44 Å². The van der Waals surface area contributed by atoms with Gasteiger partial charge in [-0.15, -0.1) is 0 Å². The van der Waals surface area contributed by atoms with Gasteiger partial charge in [-0.05, 0) is 56.6 Å². The molecule has 2 fully saturated rings. The maximum Gasteiger partial charge on any atom is 0.293 e. The molecule has 1 saturated heterocycles. The zero-order valence-corrected chi connectivity index (χ0v) is 19.4. The zero-order valence-electron chi connectivity index (χ0n) is 17.8. The van der Waals surface area contributed by atoms with E-state index in [1.165, 1.54) is 12.1 Å². The number of nitro benzene ring substituents is 1. The molecule has 0 amide bonds. The molecule has 1 saturated carbocycles. The second kappa shape index (κ2) is 9.39. The lowest BCUT2D eigenvalue weighted by Crippen LogP contribution is -2.44. The van der Waals surface area contributed by atoms with E-state index in [1.807, 2.05) is 0 Å². The molecule has 31 heavy (non-hydrogen) atoms. The fourth-order valence-corrected chi connectivity index (χ4v) is 6.46. The van der Waals surface area contributed by atoms with Crippen molar-refractivity contribution in [2.75, 3.05) is 24.2 Å². The van der Waals surface area contributed by atoms with Gasteiger partial charge >= 0.3 is 0 Å². The molecule has 1 aromatic rings. The molecule has 1 aromatic carbocycles. The fraction of sp³-hybridized carbons (Fsp3) is 0.684. The van der Waals surface area contributed by atoms with Crippen LogP contribution < -0.4 is 14.3 Å². The Hall–Kier alpha value is -1.76. The molecule has 1 aliphatic carbocycles. The molecule has 0 atom stereocenters. The van der Waals surface area contributed by atoms with Crippen LogP contribution in [0.4, 0.5) is 11.4 Å². The second-order valence-corrected chi connectivity index (χ2v) is 12.1. The quantitative estimate of drug-likeness (QED) is 0.455. The maximum absolute atomic E-state index is 12.8. The smallest absolute Gasteiger partial charge is 0.293 e. The maximum atomic E-state index is 12.8. The van der Waals surface area contributed by atoms with E-state index >= 15 is 0 Å². The van der Waals surface area contributed by atoms with Gasteiger partial charge in [0.2, 0.25) is 20.0 Å². The summed E-state index contributed by atoms with van der Waals surface area (Å²) < 4.78 is 53.7. The summed E-state index contributed by atoms with van der Waals surface area (Å²) in [5.41, 5.74) is 0.0721. The Morgan fingerprint density at radius 2 is 1.55 bits per heavy atom.